The van der Waals surface area contributed by atoms with Gasteiger partial charge in [0, 0.05) is 36.4 Å². The molecule has 1 aromatic carbocycles. The summed E-state index contributed by atoms with van der Waals surface area (Å²) in [5.74, 6) is -1.50. The number of benzene rings is 1. The highest BCUT2D eigenvalue weighted by molar-refractivity contribution is 6.38. The highest BCUT2D eigenvalue weighted by Crippen LogP contribution is 2.33. The molecule has 3 heterocycles. The van der Waals surface area contributed by atoms with Gasteiger partial charge in [-0.1, -0.05) is 35.3 Å². The van der Waals surface area contributed by atoms with Gasteiger partial charge in [0.2, 0.25) is 0 Å². The maximum Gasteiger partial charge on any atom is 0.326 e. The summed E-state index contributed by atoms with van der Waals surface area (Å²) in [7, 11) is 0. The normalized spacial score (nSPS) is 19.1. The molecular formula is C23H21Cl2N3O4. The molecule has 7 nitrogen and oxygen atoms in total. The molecule has 2 aromatic heterocycles. The van der Waals surface area contributed by atoms with Crippen molar-refractivity contribution < 1.29 is 19.4 Å². The van der Waals surface area contributed by atoms with Crippen LogP contribution in [0.2, 0.25) is 10.0 Å². The van der Waals surface area contributed by atoms with Crippen molar-refractivity contribution in [3.63, 3.8) is 0 Å². The maximum absolute atomic E-state index is 12.6. The zero-order valence-corrected chi connectivity index (χ0v) is 18.8. The van der Waals surface area contributed by atoms with Gasteiger partial charge in [0.25, 0.3) is 5.91 Å². The third-order valence-corrected chi connectivity index (χ3v) is 6.18. The number of carboxylic acid groups (broad SMARTS) is 1. The third-order valence-electron chi connectivity index (χ3n) is 5.61. The number of fused-ring (bicyclic) bond motifs is 1. The number of rotatable bonds is 6. The van der Waals surface area contributed by atoms with Gasteiger partial charge in [0.1, 0.15) is 11.6 Å². The van der Waals surface area contributed by atoms with Gasteiger partial charge in [0.05, 0.1) is 21.3 Å². The van der Waals surface area contributed by atoms with Crippen LogP contribution in [0.4, 0.5) is 0 Å². The maximum atomic E-state index is 12.6. The van der Waals surface area contributed by atoms with Crippen LogP contribution in [-0.4, -0.2) is 45.2 Å². The second-order valence-electron chi connectivity index (χ2n) is 7.95. The molecule has 4 rings (SSSR count). The summed E-state index contributed by atoms with van der Waals surface area (Å²) < 4.78 is 5.52. The number of pyridine rings is 2. The largest absolute Gasteiger partial charge is 0.480 e. The Bertz CT molecular complexity index is 1170. The van der Waals surface area contributed by atoms with Crippen molar-refractivity contribution in [2.75, 3.05) is 6.61 Å². The Morgan fingerprint density at radius 1 is 1.22 bits per heavy atom. The van der Waals surface area contributed by atoms with Gasteiger partial charge in [-0.2, -0.15) is 0 Å². The van der Waals surface area contributed by atoms with E-state index in [1.165, 1.54) is 12.4 Å². The minimum Gasteiger partial charge on any atom is -0.480 e. The van der Waals surface area contributed by atoms with E-state index in [2.05, 4.69) is 15.3 Å². The van der Waals surface area contributed by atoms with Crippen molar-refractivity contribution in [3.8, 4) is 11.3 Å². The Labute approximate surface area is 194 Å². The first-order valence-corrected chi connectivity index (χ1v) is 10.9. The van der Waals surface area contributed by atoms with E-state index in [4.69, 9.17) is 27.9 Å². The van der Waals surface area contributed by atoms with E-state index in [9.17, 15) is 14.7 Å². The molecule has 0 saturated carbocycles. The first-order chi connectivity index (χ1) is 15.3. The van der Waals surface area contributed by atoms with E-state index in [1.807, 2.05) is 12.1 Å². The molecule has 32 heavy (non-hydrogen) atoms. The number of ether oxygens (including phenoxy) is 1. The SMILES string of the molecule is C[C@]1(C(=O)NC(Cc2ccc3nc(-c4c(Cl)cncc4Cl)ccc3c2)C(=O)O)CCCO1. The van der Waals surface area contributed by atoms with E-state index < -0.39 is 23.5 Å². The van der Waals surface area contributed by atoms with Crippen molar-refractivity contribution in [2.45, 2.75) is 37.8 Å². The van der Waals surface area contributed by atoms with Crippen molar-refractivity contribution >= 4 is 46.0 Å². The molecule has 2 N–H and O–H groups in total. The summed E-state index contributed by atoms with van der Waals surface area (Å²) in [4.78, 5) is 33.0. The number of nitrogens with zero attached hydrogens (tertiary/aromatic N) is 2. The number of carboxylic acids is 1. The minimum absolute atomic E-state index is 0.136. The van der Waals surface area contributed by atoms with Crippen LogP contribution < -0.4 is 5.32 Å². The smallest absolute Gasteiger partial charge is 0.326 e. The van der Waals surface area contributed by atoms with Gasteiger partial charge in [0.15, 0.2) is 0 Å². The summed E-state index contributed by atoms with van der Waals surface area (Å²) in [5.41, 5.74) is 1.70. The molecule has 0 bridgehead atoms. The third kappa shape index (κ3) is 4.55. The van der Waals surface area contributed by atoms with Crippen molar-refractivity contribution in [3.05, 3.63) is 58.3 Å². The molecule has 1 aliphatic rings. The lowest BCUT2D eigenvalue weighted by atomic mass is 9.99. The molecule has 1 fully saturated rings. The predicted molar refractivity (Wildman–Crippen MR) is 122 cm³/mol. The van der Waals surface area contributed by atoms with E-state index in [0.717, 1.165) is 17.4 Å². The number of hydrogen-bond donors (Lipinski definition) is 2. The van der Waals surface area contributed by atoms with Crippen LogP contribution in [-0.2, 0) is 20.7 Å². The average Bonchev–Trinajstić information content (AvgIpc) is 3.21. The number of hydrogen-bond acceptors (Lipinski definition) is 5. The molecule has 1 unspecified atom stereocenters. The van der Waals surface area contributed by atoms with Gasteiger partial charge in [-0.05, 0) is 43.5 Å². The van der Waals surface area contributed by atoms with Crippen LogP contribution in [0, 0.1) is 0 Å². The first kappa shape index (κ1) is 22.5. The van der Waals surface area contributed by atoms with Crippen LogP contribution >= 0.6 is 23.2 Å². The van der Waals surface area contributed by atoms with E-state index in [1.54, 1.807) is 25.1 Å². The fourth-order valence-electron chi connectivity index (χ4n) is 3.80. The van der Waals surface area contributed by atoms with Gasteiger partial charge >= 0.3 is 5.97 Å². The molecule has 0 radical (unpaired) electrons. The Hall–Kier alpha value is -2.74. The molecule has 2 atom stereocenters. The molecular weight excluding hydrogens is 453 g/mol. The molecule has 9 heteroatoms. The summed E-state index contributed by atoms with van der Waals surface area (Å²) in [5, 5.41) is 13.9. The summed E-state index contributed by atoms with van der Waals surface area (Å²) in [6.07, 6.45) is 4.50. The molecule has 166 valence electrons. The van der Waals surface area contributed by atoms with Gasteiger partial charge < -0.3 is 15.2 Å². The van der Waals surface area contributed by atoms with Crippen molar-refractivity contribution in [2.24, 2.45) is 0 Å². The molecule has 1 saturated heterocycles. The van der Waals surface area contributed by atoms with E-state index in [-0.39, 0.29) is 6.42 Å². The second-order valence-corrected chi connectivity index (χ2v) is 8.77. The number of carbonyl (C=O) groups is 2. The molecule has 0 spiro atoms. The van der Waals surface area contributed by atoms with Crippen molar-refractivity contribution in [1.29, 1.82) is 0 Å². The fourth-order valence-corrected chi connectivity index (χ4v) is 4.36. The number of halogens is 2. The van der Waals surface area contributed by atoms with Crippen LogP contribution in [0.5, 0.6) is 0 Å². The quantitative estimate of drug-likeness (QED) is 0.553. The first-order valence-electron chi connectivity index (χ1n) is 10.1. The highest BCUT2D eigenvalue weighted by Gasteiger charge is 2.39. The molecule has 0 aliphatic carbocycles. The zero-order valence-electron chi connectivity index (χ0n) is 17.3. The Balaban J connectivity index is 1.56. The lowest BCUT2D eigenvalue weighted by Gasteiger charge is -2.24. The van der Waals surface area contributed by atoms with Gasteiger partial charge in [-0.3, -0.25) is 9.78 Å². The van der Waals surface area contributed by atoms with Crippen LogP contribution in [0.1, 0.15) is 25.3 Å². The number of carbonyl (C=O) groups excluding carboxylic acids is 1. The van der Waals surface area contributed by atoms with E-state index in [0.29, 0.717) is 39.8 Å². The zero-order chi connectivity index (χ0) is 22.9. The minimum atomic E-state index is -1.10. The lowest BCUT2D eigenvalue weighted by Crippen LogP contribution is -2.51. The average molecular weight is 474 g/mol. The number of nitrogens with one attached hydrogen (secondary N) is 1. The molecule has 1 aliphatic heterocycles. The summed E-state index contributed by atoms with van der Waals surface area (Å²) in [6, 6.07) is 8.06. The predicted octanol–water partition coefficient (Wildman–Crippen LogP) is 4.28. The van der Waals surface area contributed by atoms with E-state index >= 15 is 0 Å². The number of amides is 1. The highest BCUT2D eigenvalue weighted by atomic mass is 35.5. The topological polar surface area (TPSA) is 101 Å². The Kier molecular flexibility index (Phi) is 6.33. The van der Waals surface area contributed by atoms with Crippen LogP contribution in [0.3, 0.4) is 0 Å². The van der Waals surface area contributed by atoms with Crippen molar-refractivity contribution in [1.82, 2.24) is 15.3 Å². The summed E-state index contributed by atoms with van der Waals surface area (Å²) in [6.45, 7) is 2.19. The number of aromatic nitrogens is 2. The molecule has 3 aromatic rings. The second kappa shape index (κ2) is 9.02. The lowest BCUT2D eigenvalue weighted by molar-refractivity contribution is -0.147. The van der Waals surface area contributed by atoms with Crippen LogP contribution in [0.15, 0.2) is 42.7 Å². The Morgan fingerprint density at radius 2 is 1.97 bits per heavy atom. The van der Waals surface area contributed by atoms with Gasteiger partial charge in [-0.25, -0.2) is 9.78 Å². The fraction of sp³-hybridized carbons (Fsp3) is 0.304. The standard InChI is InChI=1S/C23H21Cl2N3O4/c1-23(7-2-8-32-23)22(31)28-19(21(29)30)10-13-3-5-17-14(9-13)4-6-18(27-17)20-15(24)11-26-12-16(20)25/h3-6,9,11-12,19H,2,7-8,10H2,1H3,(H,28,31)(H,29,30)/t19?,23-/m1/s1. The van der Waals surface area contributed by atoms with Gasteiger partial charge in [-0.15, -0.1) is 0 Å². The summed E-state index contributed by atoms with van der Waals surface area (Å²) >= 11 is 12.5. The van der Waals surface area contributed by atoms with Crippen LogP contribution in [0.25, 0.3) is 22.2 Å². The monoisotopic (exact) mass is 473 g/mol. The molecule has 1 amide bonds. The number of aliphatic carboxylic acids is 1. The Morgan fingerprint density at radius 3 is 2.62 bits per heavy atom.